The van der Waals surface area contributed by atoms with E-state index in [0.29, 0.717) is 18.7 Å². The van der Waals surface area contributed by atoms with Crippen molar-refractivity contribution in [1.29, 1.82) is 0 Å². The van der Waals surface area contributed by atoms with E-state index in [0.717, 1.165) is 41.8 Å². The number of hydrogen-bond donors (Lipinski definition) is 0. The van der Waals surface area contributed by atoms with Gasteiger partial charge in [0.15, 0.2) is 0 Å². The minimum atomic E-state index is -4.82. The van der Waals surface area contributed by atoms with Crippen LogP contribution in [-0.4, -0.2) is 40.8 Å². The van der Waals surface area contributed by atoms with E-state index in [4.69, 9.17) is 0 Å². The zero-order chi connectivity index (χ0) is 22.4. The predicted molar refractivity (Wildman–Crippen MR) is 109 cm³/mol. The molecule has 2 aliphatic heterocycles. The molecule has 4 rings (SSSR count). The second-order valence-corrected chi connectivity index (χ2v) is 11.3. The second-order valence-electron chi connectivity index (χ2n) is 7.58. The van der Waals surface area contributed by atoms with Crippen LogP contribution in [0.15, 0.2) is 52.3 Å². The van der Waals surface area contributed by atoms with Crippen LogP contribution < -0.4 is 4.31 Å². The fourth-order valence-electron chi connectivity index (χ4n) is 4.06. The van der Waals surface area contributed by atoms with Crippen LogP contribution in [-0.2, 0) is 32.6 Å². The molecule has 11 heteroatoms. The maximum atomic E-state index is 13.4. The molecular formula is C20H21F3N2O4S2. The van der Waals surface area contributed by atoms with E-state index in [9.17, 15) is 30.0 Å². The van der Waals surface area contributed by atoms with E-state index in [1.165, 1.54) is 28.6 Å². The summed E-state index contributed by atoms with van der Waals surface area (Å²) in [5, 5.41) is 0. The number of rotatable bonds is 4. The minimum Gasteiger partial charge on any atom is -0.266 e. The van der Waals surface area contributed by atoms with Gasteiger partial charge in [-0.1, -0.05) is 18.6 Å². The Morgan fingerprint density at radius 2 is 1.48 bits per heavy atom. The summed E-state index contributed by atoms with van der Waals surface area (Å²) in [4.78, 5) is -0.747. The number of alkyl halides is 3. The highest BCUT2D eigenvalue weighted by molar-refractivity contribution is 7.93. The topological polar surface area (TPSA) is 74.8 Å². The molecule has 2 aromatic rings. The second kappa shape index (κ2) is 7.79. The van der Waals surface area contributed by atoms with E-state index in [1.807, 2.05) is 0 Å². The van der Waals surface area contributed by atoms with E-state index in [2.05, 4.69) is 0 Å². The number of anilines is 1. The lowest BCUT2D eigenvalue weighted by molar-refractivity contribution is -0.139. The molecule has 0 spiro atoms. The number of piperidine rings is 1. The van der Waals surface area contributed by atoms with Crippen molar-refractivity contribution in [3.05, 3.63) is 53.6 Å². The molecule has 0 aromatic heterocycles. The van der Waals surface area contributed by atoms with Crippen molar-refractivity contribution in [2.75, 3.05) is 23.9 Å². The Kier molecular flexibility index (Phi) is 5.55. The molecule has 0 N–H and O–H groups in total. The number of sulfonamides is 2. The quantitative estimate of drug-likeness (QED) is 0.678. The third-order valence-corrected chi connectivity index (χ3v) is 9.38. The van der Waals surface area contributed by atoms with Crippen molar-refractivity contribution in [1.82, 2.24) is 4.31 Å². The van der Waals surface area contributed by atoms with Crippen LogP contribution in [0.4, 0.5) is 18.9 Å². The fourth-order valence-corrected chi connectivity index (χ4v) is 7.34. The van der Waals surface area contributed by atoms with Gasteiger partial charge in [-0.2, -0.15) is 17.5 Å². The molecule has 2 heterocycles. The minimum absolute atomic E-state index is 0.0585. The molecule has 1 fully saturated rings. The third-order valence-electron chi connectivity index (χ3n) is 5.62. The van der Waals surface area contributed by atoms with E-state index >= 15 is 0 Å². The highest BCUT2D eigenvalue weighted by Crippen LogP contribution is 2.39. The Labute approximate surface area is 179 Å². The van der Waals surface area contributed by atoms with Gasteiger partial charge in [0.25, 0.3) is 10.0 Å². The molecule has 2 aliphatic rings. The standard InChI is InChI=1S/C20H21F3N2O4S2/c21-20(22,23)17-6-2-3-7-19(17)31(28,29)25-13-10-15-14-16(8-9-18(15)25)30(26,27)24-11-4-1-5-12-24/h2-3,6-9,14H,1,4-5,10-13H2. The van der Waals surface area contributed by atoms with E-state index in [1.54, 1.807) is 0 Å². The number of halogens is 3. The first-order chi connectivity index (χ1) is 14.5. The molecule has 1 saturated heterocycles. The van der Waals surface area contributed by atoms with Crippen molar-refractivity contribution in [2.45, 2.75) is 41.7 Å². The summed E-state index contributed by atoms with van der Waals surface area (Å²) in [6.07, 6.45) is -2.06. The van der Waals surface area contributed by atoms with Crippen LogP contribution in [0.2, 0.25) is 0 Å². The number of benzene rings is 2. The van der Waals surface area contributed by atoms with E-state index in [-0.39, 0.29) is 23.5 Å². The zero-order valence-corrected chi connectivity index (χ0v) is 18.1. The smallest absolute Gasteiger partial charge is 0.266 e. The van der Waals surface area contributed by atoms with Gasteiger partial charge in [0.05, 0.1) is 21.0 Å². The highest BCUT2D eigenvalue weighted by atomic mass is 32.2. The first-order valence-corrected chi connectivity index (χ1v) is 12.7. The molecule has 0 bridgehead atoms. The monoisotopic (exact) mass is 474 g/mol. The Morgan fingerprint density at radius 1 is 0.806 bits per heavy atom. The summed E-state index contributed by atoms with van der Waals surface area (Å²) in [6, 6.07) is 8.18. The number of nitrogens with zero attached hydrogens (tertiary/aromatic N) is 2. The number of hydrogen-bond acceptors (Lipinski definition) is 4. The Balaban J connectivity index is 1.70. The summed E-state index contributed by atoms with van der Waals surface area (Å²) in [6.45, 7) is 0.819. The molecule has 0 aliphatic carbocycles. The molecular weight excluding hydrogens is 453 g/mol. The lowest BCUT2D eigenvalue weighted by atomic mass is 10.2. The van der Waals surface area contributed by atoms with Gasteiger partial charge in [0.1, 0.15) is 0 Å². The van der Waals surface area contributed by atoms with Gasteiger partial charge >= 0.3 is 6.18 Å². The molecule has 6 nitrogen and oxygen atoms in total. The molecule has 2 aromatic carbocycles. The van der Waals surface area contributed by atoms with Crippen molar-refractivity contribution in [3.8, 4) is 0 Å². The van der Waals surface area contributed by atoms with Gasteiger partial charge in [-0.05, 0) is 55.2 Å². The van der Waals surface area contributed by atoms with Gasteiger partial charge in [-0.3, -0.25) is 4.31 Å². The zero-order valence-electron chi connectivity index (χ0n) is 16.5. The Hall–Kier alpha value is -2.11. The van der Waals surface area contributed by atoms with Crippen LogP contribution in [0.3, 0.4) is 0 Å². The molecule has 168 valence electrons. The molecule has 0 radical (unpaired) electrons. The molecule has 0 atom stereocenters. The van der Waals surface area contributed by atoms with Crippen molar-refractivity contribution < 1.29 is 30.0 Å². The summed E-state index contributed by atoms with van der Waals surface area (Å²) in [7, 11) is -8.18. The first-order valence-electron chi connectivity index (χ1n) is 9.85. The normalized spacial score (nSPS) is 18.2. The van der Waals surface area contributed by atoms with Crippen LogP contribution in [0.1, 0.15) is 30.4 Å². The predicted octanol–water partition coefficient (Wildman–Crippen LogP) is 3.63. The summed E-state index contributed by atoms with van der Waals surface area (Å²) in [5.41, 5.74) is -0.548. The van der Waals surface area contributed by atoms with Gasteiger partial charge < -0.3 is 0 Å². The van der Waals surface area contributed by atoms with Crippen LogP contribution in [0, 0.1) is 0 Å². The summed E-state index contributed by atoms with van der Waals surface area (Å²) < 4.78 is 94.5. The summed E-state index contributed by atoms with van der Waals surface area (Å²) >= 11 is 0. The molecule has 0 amide bonds. The lowest BCUT2D eigenvalue weighted by Crippen LogP contribution is -2.35. The average molecular weight is 475 g/mol. The van der Waals surface area contributed by atoms with Crippen LogP contribution in [0.25, 0.3) is 0 Å². The maximum absolute atomic E-state index is 13.4. The third kappa shape index (κ3) is 3.94. The van der Waals surface area contributed by atoms with Crippen molar-refractivity contribution in [2.24, 2.45) is 0 Å². The van der Waals surface area contributed by atoms with Gasteiger partial charge in [-0.15, -0.1) is 0 Å². The maximum Gasteiger partial charge on any atom is 0.417 e. The number of fused-ring (bicyclic) bond motifs is 1. The van der Waals surface area contributed by atoms with Gasteiger partial charge in [0.2, 0.25) is 10.0 Å². The lowest BCUT2D eigenvalue weighted by Gasteiger charge is -2.26. The first kappa shape index (κ1) is 22.1. The average Bonchev–Trinajstić information content (AvgIpc) is 3.18. The molecule has 0 saturated carbocycles. The van der Waals surface area contributed by atoms with E-state index < -0.39 is 36.7 Å². The summed E-state index contributed by atoms with van der Waals surface area (Å²) in [5.74, 6) is 0. The highest BCUT2D eigenvalue weighted by Gasteiger charge is 2.40. The Morgan fingerprint density at radius 3 is 2.16 bits per heavy atom. The largest absolute Gasteiger partial charge is 0.417 e. The van der Waals surface area contributed by atoms with Crippen LogP contribution >= 0.6 is 0 Å². The SMILES string of the molecule is O=S(=O)(c1ccc2c(c1)CCN2S(=O)(=O)c1ccccc1C(F)(F)F)N1CCCCC1. The van der Waals surface area contributed by atoms with Crippen molar-refractivity contribution in [3.63, 3.8) is 0 Å². The fraction of sp³-hybridized carbons (Fsp3) is 0.400. The molecule has 31 heavy (non-hydrogen) atoms. The van der Waals surface area contributed by atoms with Crippen molar-refractivity contribution >= 4 is 25.7 Å². The van der Waals surface area contributed by atoms with Gasteiger partial charge in [0, 0.05) is 19.6 Å². The Bertz CT molecular complexity index is 1210. The van der Waals surface area contributed by atoms with Crippen LogP contribution in [0.5, 0.6) is 0 Å². The van der Waals surface area contributed by atoms with Gasteiger partial charge in [-0.25, -0.2) is 16.8 Å². The molecule has 0 unspecified atom stereocenters.